The van der Waals surface area contributed by atoms with E-state index in [1.165, 1.54) is 0 Å². The fourth-order valence-electron chi connectivity index (χ4n) is 2.75. The Morgan fingerprint density at radius 2 is 1.80 bits per heavy atom. The van der Waals surface area contributed by atoms with E-state index in [0.29, 0.717) is 12.8 Å². The number of carbonyl (C=O) groups is 2. The zero-order valence-electron chi connectivity index (χ0n) is 17.2. The molecule has 176 valence electrons. The van der Waals surface area contributed by atoms with Gasteiger partial charge in [-0.1, -0.05) is 0 Å². The smallest absolute Gasteiger partial charge is 0.411 e. The number of ether oxygens (including phenoxy) is 2. The lowest BCUT2D eigenvalue weighted by molar-refractivity contribution is -0.527. The molecule has 5 N–H and O–H groups in total. The van der Waals surface area contributed by atoms with Gasteiger partial charge in [0.05, 0.1) is 30.0 Å². The summed E-state index contributed by atoms with van der Waals surface area (Å²) < 4.78 is 10.4. The van der Waals surface area contributed by atoms with Crippen LogP contribution in [-0.4, -0.2) is 97.3 Å². The van der Waals surface area contributed by atoms with Gasteiger partial charge < -0.3 is 14.6 Å². The first-order valence-corrected chi connectivity index (χ1v) is 9.38. The molecular weight excluding hydrogens is 410 g/mol. The summed E-state index contributed by atoms with van der Waals surface area (Å²) in [5.41, 5.74) is -0.747. The van der Waals surface area contributed by atoms with Crippen molar-refractivity contribution >= 4 is 12.1 Å². The van der Waals surface area contributed by atoms with Gasteiger partial charge in [-0.15, -0.1) is 0 Å². The maximum Gasteiger partial charge on any atom is 0.411 e. The second kappa shape index (κ2) is 12.3. The zero-order chi connectivity index (χ0) is 22.9. The normalized spacial score (nSPS) is 20.7. The number of likely N-dealkylation sites (tertiary alicyclic amines) is 1. The number of aliphatic hydroxyl groups is 1. The van der Waals surface area contributed by atoms with Crippen LogP contribution in [0.5, 0.6) is 0 Å². The van der Waals surface area contributed by atoms with Crippen LogP contribution in [0.25, 0.3) is 0 Å². The number of carbonyl (C=O) groups excluding carboxylic acids is 2. The third-order valence-electron chi connectivity index (χ3n) is 3.96. The predicted molar refractivity (Wildman–Crippen MR) is 93.8 cm³/mol. The van der Waals surface area contributed by atoms with Crippen LogP contribution >= 0.6 is 0 Å². The molecule has 3 atom stereocenters. The minimum Gasteiger partial charge on any atom is -0.464 e. The predicted octanol–water partition coefficient (Wildman–Crippen LogP) is 0.463. The molecule has 0 aromatic rings. The Morgan fingerprint density at radius 1 is 1.13 bits per heavy atom. The number of amides is 1. The highest BCUT2D eigenvalue weighted by atomic mass is 17.1. The van der Waals surface area contributed by atoms with Crippen molar-refractivity contribution in [2.24, 2.45) is 0 Å². The van der Waals surface area contributed by atoms with E-state index < -0.39 is 53.3 Å². The van der Waals surface area contributed by atoms with Crippen LogP contribution in [0.1, 0.15) is 46.5 Å². The van der Waals surface area contributed by atoms with Crippen LogP contribution in [0.4, 0.5) is 4.79 Å². The van der Waals surface area contributed by atoms with Gasteiger partial charge in [0.15, 0.2) is 0 Å². The number of nitrogens with zero attached hydrogens (tertiary/aromatic N) is 3. The highest BCUT2D eigenvalue weighted by Crippen LogP contribution is 2.22. The number of rotatable bonds is 11. The molecule has 14 heteroatoms. The van der Waals surface area contributed by atoms with Crippen molar-refractivity contribution in [1.29, 1.82) is 0 Å². The van der Waals surface area contributed by atoms with Gasteiger partial charge in [-0.2, -0.15) is 0 Å². The number of unbranched alkanes of at least 4 members (excludes halogenated alkanes) is 1. The summed E-state index contributed by atoms with van der Waals surface area (Å²) in [5, 5.41) is 43.2. The van der Waals surface area contributed by atoms with E-state index in [2.05, 4.69) is 9.68 Å². The third kappa shape index (κ3) is 10.4. The van der Waals surface area contributed by atoms with Crippen molar-refractivity contribution in [1.82, 2.24) is 15.7 Å². The summed E-state index contributed by atoms with van der Waals surface area (Å²) in [6.07, 6.45) is -1.47. The minimum absolute atomic E-state index is 0.00918. The Hall–Kier alpha value is -1.62. The van der Waals surface area contributed by atoms with Crippen LogP contribution in [0.15, 0.2) is 0 Å². The van der Waals surface area contributed by atoms with Crippen molar-refractivity contribution in [2.75, 3.05) is 19.8 Å². The molecule has 1 aliphatic rings. The molecule has 14 nitrogen and oxygen atoms in total. The van der Waals surface area contributed by atoms with E-state index in [4.69, 9.17) is 30.3 Å². The standard InChI is InChI=1S/C16H31N3O11/c1-16(2,3)29-15(22)17-9-11(20)8-13(17)14(21)27-7-5-4-6-12(30-19(25)26)10-28-18(23)24/h11-13,20,23-26H,4-10H2,1-3H3/t11-,12?,13+/m1/s1. The first-order valence-electron chi connectivity index (χ1n) is 9.38. The Kier molecular flexibility index (Phi) is 10.8. The van der Waals surface area contributed by atoms with E-state index in [1.54, 1.807) is 20.8 Å². The van der Waals surface area contributed by atoms with Gasteiger partial charge in [0.2, 0.25) is 0 Å². The van der Waals surface area contributed by atoms with E-state index in [9.17, 15) is 14.7 Å². The number of β-amino-alcohol motifs (C(OH)–C–C–N with tert-alkyl or cyclic N) is 1. The molecule has 30 heavy (non-hydrogen) atoms. The molecule has 0 aliphatic carbocycles. The molecule has 0 spiro atoms. The summed E-state index contributed by atoms with van der Waals surface area (Å²) in [6.45, 7) is 4.66. The molecule has 1 unspecified atom stereocenters. The number of hydrogen-bond acceptors (Lipinski definition) is 13. The topological polar surface area (TPSA) is 182 Å². The van der Waals surface area contributed by atoms with Gasteiger partial charge in [0, 0.05) is 6.42 Å². The molecule has 1 fully saturated rings. The molecule has 0 radical (unpaired) electrons. The Morgan fingerprint density at radius 3 is 2.37 bits per heavy atom. The van der Waals surface area contributed by atoms with Crippen molar-refractivity contribution < 1.29 is 54.7 Å². The third-order valence-corrected chi connectivity index (χ3v) is 3.96. The van der Waals surface area contributed by atoms with Crippen molar-refractivity contribution in [3.8, 4) is 0 Å². The molecule has 0 aromatic heterocycles. The van der Waals surface area contributed by atoms with Crippen molar-refractivity contribution in [3.63, 3.8) is 0 Å². The lowest BCUT2D eigenvalue weighted by Crippen LogP contribution is -2.44. The monoisotopic (exact) mass is 441 g/mol. The second-order valence-electron chi connectivity index (χ2n) is 7.73. The van der Waals surface area contributed by atoms with Crippen LogP contribution in [0.2, 0.25) is 0 Å². The fraction of sp³-hybridized carbons (Fsp3) is 0.875. The maximum absolute atomic E-state index is 12.3. The lowest BCUT2D eigenvalue weighted by Gasteiger charge is -2.27. The zero-order valence-corrected chi connectivity index (χ0v) is 17.2. The number of esters is 1. The van der Waals surface area contributed by atoms with Crippen LogP contribution in [0, 0.1) is 0 Å². The molecule has 1 saturated heterocycles. The van der Waals surface area contributed by atoms with Gasteiger partial charge in [-0.3, -0.25) is 25.7 Å². The van der Waals surface area contributed by atoms with Crippen molar-refractivity contribution in [3.05, 3.63) is 0 Å². The maximum atomic E-state index is 12.3. The SMILES string of the molecule is CC(C)(C)OC(=O)N1C[C@H](O)C[C@H]1C(=O)OCCCCC(CON(O)O)ON(O)O. The average Bonchev–Trinajstić information content (AvgIpc) is 2.99. The fourth-order valence-corrected chi connectivity index (χ4v) is 2.75. The molecule has 0 saturated carbocycles. The quantitative estimate of drug-likeness (QED) is 0.169. The van der Waals surface area contributed by atoms with Gasteiger partial charge in [-0.25, -0.2) is 19.3 Å². The molecule has 0 bridgehead atoms. The van der Waals surface area contributed by atoms with Crippen LogP contribution < -0.4 is 0 Å². The summed E-state index contributed by atoms with van der Waals surface area (Å²) in [7, 11) is 0. The Bertz CT molecular complexity index is 541. The van der Waals surface area contributed by atoms with Gasteiger partial charge in [-0.05, 0) is 40.0 Å². The largest absolute Gasteiger partial charge is 0.464 e. The van der Waals surface area contributed by atoms with Gasteiger partial charge >= 0.3 is 12.1 Å². The Balaban J connectivity index is 2.42. The van der Waals surface area contributed by atoms with Crippen LogP contribution in [0.3, 0.4) is 0 Å². The highest BCUT2D eigenvalue weighted by molar-refractivity contribution is 5.82. The van der Waals surface area contributed by atoms with Crippen molar-refractivity contribution in [2.45, 2.75) is 70.3 Å². The molecule has 1 heterocycles. The molecule has 1 amide bonds. The number of aliphatic hydroxyl groups excluding tert-OH is 1. The molecular formula is C16H31N3O11. The summed E-state index contributed by atoms with van der Waals surface area (Å²) >= 11 is 0. The van der Waals surface area contributed by atoms with E-state index >= 15 is 0 Å². The number of hydrogen-bond donors (Lipinski definition) is 5. The second-order valence-corrected chi connectivity index (χ2v) is 7.73. The van der Waals surface area contributed by atoms with E-state index in [0.717, 1.165) is 4.90 Å². The van der Waals surface area contributed by atoms with Crippen LogP contribution in [-0.2, 0) is 23.9 Å². The van der Waals surface area contributed by atoms with Gasteiger partial charge in [0.25, 0.3) is 0 Å². The average molecular weight is 441 g/mol. The van der Waals surface area contributed by atoms with E-state index in [-0.39, 0.29) is 26.0 Å². The summed E-state index contributed by atoms with van der Waals surface area (Å²) in [4.78, 5) is 34.7. The summed E-state index contributed by atoms with van der Waals surface area (Å²) in [6, 6.07) is -0.947. The first kappa shape index (κ1) is 26.4. The highest BCUT2D eigenvalue weighted by Gasteiger charge is 2.41. The van der Waals surface area contributed by atoms with E-state index in [1.807, 2.05) is 0 Å². The van der Waals surface area contributed by atoms with Gasteiger partial charge in [0.1, 0.15) is 24.4 Å². The molecule has 1 rings (SSSR count). The summed E-state index contributed by atoms with van der Waals surface area (Å²) in [5.74, 6) is -0.665. The Labute approximate surface area is 173 Å². The molecule has 1 aliphatic heterocycles. The minimum atomic E-state index is -0.947. The first-order chi connectivity index (χ1) is 13.9. The lowest BCUT2D eigenvalue weighted by atomic mass is 10.1. The molecule has 0 aromatic carbocycles.